The number of carbonyl (C=O) groups excluding carboxylic acids is 1. The molecule has 1 atom stereocenters. The second-order valence-corrected chi connectivity index (χ2v) is 10.2. The maximum absolute atomic E-state index is 12.0. The van der Waals surface area contributed by atoms with E-state index in [1.165, 1.54) is 0 Å². The molecule has 0 amide bonds. The topological polar surface area (TPSA) is 38.3 Å². The standard InChI is InChI=1S/C14H23NO2Si/c1-5-17-14(16)13(15-18(2,3)4)11-12-9-7-6-8-10-12/h6-10,13,15H,5,11H2,1-4H3/t13-/m0/s1. The summed E-state index contributed by atoms with van der Waals surface area (Å²) in [5, 5.41) is 0. The van der Waals surface area contributed by atoms with Crippen LogP contribution in [0.5, 0.6) is 0 Å². The second-order valence-electron chi connectivity index (χ2n) is 5.39. The number of esters is 1. The van der Waals surface area contributed by atoms with Crippen LogP contribution in [0.2, 0.25) is 19.6 Å². The van der Waals surface area contributed by atoms with E-state index in [1.807, 2.05) is 37.3 Å². The molecule has 0 aromatic heterocycles. The first-order valence-electron chi connectivity index (χ1n) is 6.40. The van der Waals surface area contributed by atoms with Gasteiger partial charge in [-0.2, -0.15) is 0 Å². The third kappa shape index (κ3) is 5.47. The zero-order valence-corrected chi connectivity index (χ0v) is 12.7. The van der Waals surface area contributed by atoms with Crippen molar-refractivity contribution in [3.8, 4) is 0 Å². The van der Waals surface area contributed by atoms with Gasteiger partial charge in [-0.25, -0.2) is 0 Å². The number of ether oxygens (including phenoxy) is 1. The lowest BCUT2D eigenvalue weighted by atomic mass is 10.1. The van der Waals surface area contributed by atoms with Crippen molar-refractivity contribution >= 4 is 14.2 Å². The molecule has 3 nitrogen and oxygen atoms in total. The molecule has 0 unspecified atom stereocenters. The van der Waals surface area contributed by atoms with Gasteiger partial charge in [-0.1, -0.05) is 50.0 Å². The molecule has 0 saturated carbocycles. The minimum atomic E-state index is -1.52. The highest BCUT2D eigenvalue weighted by Crippen LogP contribution is 2.08. The Morgan fingerprint density at radius 1 is 1.28 bits per heavy atom. The first kappa shape index (κ1) is 14.9. The van der Waals surface area contributed by atoms with Crippen LogP contribution < -0.4 is 4.98 Å². The van der Waals surface area contributed by atoms with Crippen LogP contribution in [-0.4, -0.2) is 26.9 Å². The van der Waals surface area contributed by atoms with E-state index in [-0.39, 0.29) is 12.0 Å². The van der Waals surface area contributed by atoms with Crippen LogP contribution in [0, 0.1) is 0 Å². The van der Waals surface area contributed by atoms with Gasteiger partial charge in [0.1, 0.15) is 14.3 Å². The number of hydrogen-bond acceptors (Lipinski definition) is 3. The first-order chi connectivity index (χ1) is 8.42. The minimum absolute atomic E-state index is 0.149. The Labute approximate surface area is 111 Å². The molecule has 1 aromatic carbocycles. The lowest BCUT2D eigenvalue weighted by molar-refractivity contribution is -0.145. The van der Waals surface area contributed by atoms with Crippen LogP contribution in [0.3, 0.4) is 0 Å². The summed E-state index contributed by atoms with van der Waals surface area (Å²) in [6.07, 6.45) is 0.684. The second kappa shape index (κ2) is 6.71. The monoisotopic (exact) mass is 265 g/mol. The predicted octanol–water partition coefficient (Wildman–Crippen LogP) is 2.59. The van der Waals surface area contributed by atoms with Gasteiger partial charge >= 0.3 is 5.97 Å². The number of rotatable bonds is 6. The molecular formula is C14H23NO2Si. The van der Waals surface area contributed by atoms with Gasteiger partial charge in [0.25, 0.3) is 0 Å². The fourth-order valence-electron chi connectivity index (χ4n) is 1.81. The normalized spacial score (nSPS) is 13.1. The highest BCUT2D eigenvalue weighted by Gasteiger charge is 2.26. The van der Waals surface area contributed by atoms with Gasteiger partial charge in [0, 0.05) is 0 Å². The van der Waals surface area contributed by atoms with Gasteiger partial charge in [0.2, 0.25) is 0 Å². The van der Waals surface area contributed by atoms with E-state index >= 15 is 0 Å². The Hall–Kier alpha value is -1.13. The maximum Gasteiger partial charge on any atom is 0.322 e. The lowest BCUT2D eigenvalue weighted by Gasteiger charge is -2.25. The molecule has 0 radical (unpaired) electrons. The molecule has 0 spiro atoms. The Kier molecular flexibility index (Phi) is 5.56. The smallest absolute Gasteiger partial charge is 0.322 e. The van der Waals surface area contributed by atoms with Crippen molar-refractivity contribution in [2.75, 3.05) is 6.61 Å². The summed E-state index contributed by atoms with van der Waals surface area (Å²) in [4.78, 5) is 15.4. The van der Waals surface area contributed by atoms with E-state index in [1.54, 1.807) is 0 Å². The van der Waals surface area contributed by atoms with Crippen LogP contribution in [0.1, 0.15) is 12.5 Å². The van der Waals surface area contributed by atoms with Crippen molar-refractivity contribution in [3.63, 3.8) is 0 Å². The van der Waals surface area contributed by atoms with Gasteiger partial charge in [-0.3, -0.25) is 4.79 Å². The summed E-state index contributed by atoms with van der Waals surface area (Å²) < 4.78 is 5.14. The lowest BCUT2D eigenvalue weighted by Crippen LogP contribution is -2.52. The van der Waals surface area contributed by atoms with Crippen molar-refractivity contribution in [3.05, 3.63) is 35.9 Å². The summed E-state index contributed by atoms with van der Waals surface area (Å²) in [6, 6.07) is 9.81. The van der Waals surface area contributed by atoms with Gasteiger partial charge in [-0.15, -0.1) is 0 Å². The Morgan fingerprint density at radius 2 is 1.89 bits per heavy atom. The van der Waals surface area contributed by atoms with E-state index in [9.17, 15) is 4.79 Å². The molecule has 1 N–H and O–H groups in total. The molecule has 0 bridgehead atoms. The SMILES string of the molecule is CCOC(=O)[C@H](Cc1ccccc1)N[Si](C)(C)C. The van der Waals surface area contributed by atoms with Crippen molar-refractivity contribution in [1.82, 2.24) is 4.98 Å². The van der Waals surface area contributed by atoms with E-state index in [0.29, 0.717) is 13.0 Å². The fraction of sp³-hybridized carbons (Fsp3) is 0.500. The van der Waals surface area contributed by atoms with E-state index < -0.39 is 8.24 Å². The summed E-state index contributed by atoms with van der Waals surface area (Å²) in [6.45, 7) is 8.82. The number of carbonyl (C=O) groups is 1. The zero-order chi connectivity index (χ0) is 13.6. The molecule has 1 rings (SSSR count). The highest BCUT2D eigenvalue weighted by molar-refractivity contribution is 6.73. The van der Waals surface area contributed by atoms with Gasteiger partial charge in [0.05, 0.1) is 6.61 Å². The molecule has 0 fully saturated rings. The molecular weight excluding hydrogens is 242 g/mol. The zero-order valence-electron chi connectivity index (χ0n) is 11.7. The molecule has 100 valence electrons. The van der Waals surface area contributed by atoms with Crippen LogP contribution in [0.25, 0.3) is 0 Å². The van der Waals surface area contributed by atoms with Crippen molar-refractivity contribution in [2.24, 2.45) is 0 Å². The Morgan fingerprint density at radius 3 is 2.39 bits per heavy atom. The fourth-order valence-corrected chi connectivity index (χ4v) is 3.07. The summed E-state index contributed by atoms with van der Waals surface area (Å²) in [7, 11) is -1.52. The maximum atomic E-state index is 12.0. The Balaban J connectivity index is 2.74. The number of benzene rings is 1. The van der Waals surface area contributed by atoms with Crippen molar-refractivity contribution in [2.45, 2.75) is 39.0 Å². The van der Waals surface area contributed by atoms with Gasteiger partial charge < -0.3 is 9.72 Å². The Bertz CT molecular complexity index is 373. The summed E-state index contributed by atoms with van der Waals surface area (Å²) >= 11 is 0. The molecule has 0 aliphatic heterocycles. The van der Waals surface area contributed by atoms with Crippen LogP contribution in [0.15, 0.2) is 30.3 Å². The minimum Gasteiger partial charge on any atom is -0.465 e. The predicted molar refractivity (Wildman–Crippen MR) is 77.0 cm³/mol. The average molecular weight is 265 g/mol. The third-order valence-electron chi connectivity index (χ3n) is 2.46. The highest BCUT2D eigenvalue weighted by atomic mass is 28.3. The van der Waals surface area contributed by atoms with Crippen LogP contribution in [0.4, 0.5) is 0 Å². The van der Waals surface area contributed by atoms with Crippen molar-refractivity contribution < 1.29 is 9.53 Å². The molecule has 0 aliphatic rings. The molecule has 1 aromatic rings. The van der Waals surface area contributed by atoms with Gasteiger partial charge in [-0.05, 0) is 18.9 Å². The quantitative estimate of drug-likeness (QED) is 0.634. The molecule has 0 heterocycles. The molecule has 4 heteroatoms. The molecule has 0 aliphatic carbocycles. The van der Waals surface area contributed by atoms with Crippen LogP contribution in [-0.2, 0) is 16.0 Å². The number of nitrogens with one attached hydrogen (secondary N) is 1. The number of hydrogen-bond donors (Lipinski definition) is 1. The van der Waals surface area contributed by atoms with Gasteiger partial charge in [0.15, 0.2) is 0 Å². The van der Waals surface area contributed by atoms with Crippen LogP contribution >= 0.6 is 0 Å². The van der Waals surface area contributed by atoms with E-state index in [4.69, 9.17) is 4.74 Å². The van der Waals surface area contributed by atoms with E-state index in [2.05, 4.69) is 24.6 Å². The third-order valence-corrected chi connectivity index (χ3v) is 3.68. The summed E-state index contributed by atoms with van der Waals surface area (Å²) in [5.74, 6) is -0.149. The largest absolute Gasteiger partial charge is 0.465 e. The van der Waals surface area contributed by atoms with Crippen molar-refractivity contribution in [1.29, 1.82) is 0 Å². The first-order valence-corrected chi connectivity index (χ1v) is 9.90. The summed E-state index contributed by atoms with van der Waals surface area (Å²) in [5.41, 5.74) is 1.15. The van der Waals surface area contributed by atoms with E-state index in [0.717, 1.165) is 5.56 Å². The average Bonchev–Trinajstić information content (AvgIpc) is 2.28. The molecule has 18 heavy (non-hydrogen) atoms. The molecule has 0 saturated heterocycles.